The van der Waals surface area contributed by atoms with Gasteiger partial charge in [0, 0.05) is 23.3 Å². The molecule has 0 aliphatic heterocycles. The zero-order valence-electron chi connectivity index (χ0n) is 17.9. The van der Waals surface area contributed by atoms with Crippen molar-refractivity contribution in [2.75, 3.05) is 0 Å². The second kappa shape index (κ2) is 8.07. The summed E-state index contributed by atoms with van der Waals surface area (Å²) < 4.78 is 0. The van der Waals surface area contributed by atoms with Crippen LogP contribution in [0.3, 0.4) is 0 Å². The Morgan fingerprint density at radius 3 is 2.78 bits per heavy atom. The predicted octanol–water partition coefficient (Wildman–Crippen LogP) is 6.10. The first-order valence-electron chi connectivity index (χ1n) is 10.4. The van der Waals surface area contributed by atoms with Crippen LogP contribution in [0, 0.1) is 0 Å². The van der Waals surface area contributed by atoms with E-state index >= 15 is 0 Å². The molecule has 0 amide bonds. The first-order valence-corrected chi connectivity index (χ1v) is 10.4. The minimum Gasteiger partial charge on any atom is -0.335 e. The Labute approximate surface area is 185 Å². The lowest BCUT2D eigenvalue weighted by atomic mass is 9.97. The largest absolute Gasteiger partial charge is 0.335 e. The van der Waals surface area contributed by atoms with Crippen molar-refractivity contribution in [2.24, 2.45) is 0 Å². The summed E-state index contributed by atoms with van der Waals surface area (Å²) in [6.45, 7) is 7.95. The van der Waals surface area contributed by atoms with Gasteiger partial charge in [0.1, 0.15) is 11.2 Å². The van der Waals surface area contributed by atoms with Crippen LogP contribution < -0.4 is 0 Å². The van der Waals surface area contributed by atoms with Crippen LogP contribution in [0.5, 0.6) is 0 Å². The standard InChI is InChI=1S/C26H22N6/c1-4-8-16(3)18(5-2)17-10-11-22-19(13-17)25(32-31-22)26-29-23-15-27-14-20(24(23)30-26)21-9-6-7-12-28-21/h4-15H,1H2,2-3H3,(H,29,30)(H,31,32)/b16-8-,18-5+. The fourth-order valence-electron chi connectivity index (χ4n) is 4.01. The molecule has 4 aromatic heterocycles. The molecule has 156 valence electrons. The molecule has 0 saturated carbocycles. The van der Waals surface area contributed by atoms with Crippen molar-refractivity contribution in [1.29, 1.82) is 0 Å². The van der Waals surface area contributed by atoms with Crippen LogP contribution in [0.15, 0.2) is 85.4 Å². The highest BCUT2D eigenvalue weighted by Crippen LogP contribution is 2.32. The van der Waals surface area contributed by atoms with Crippen molar-refractivity contribution in [2.45, 2.75) is 13.8 Å². The van der Waals surface area contributed by atoms with Gasteiger partial charge in [0.25, 0.3) is 0 Å². The lowest BCUT2D eigenvalue weighted by molar-refractivity contribution is 1.11. The van der Waals surface area contributed by atoms with Gasteiger partial charge in [-0.3, -0.25) is 15.1 Å². The second-order valence-electron chi connectivity index (χ2n) is 7.50. The number of pyridine rings is 2. The Kier molecular flexibility index (Phi) is 4.95. The van der Waals surface area contributed by atoms with Crippen LogP contribution in [0.4, 0.5) is 0 Å². The molecule has 0 spiro atoms. The van der Waals surface area contributed by atoms with Gasteiger partial charge in [0.05, 0.1) is 22.9 Å². The Hall–Kier alpha value is -4.32. The first-order chi connectivity index (χ1) is 15.7. The van der Waals surface area contributed by atoms with E-state index in [1.807, 2.05) is 37.3 Å². The molecule has 6 nitrogen and oxygen atoms in total. The van der Waals surface area contributed by atoms with Crippen LogP contribution in [-0.2, 0) is 0 Å². The number of nitrogens with zero attached hydrogens (tertiary/aromatic N) is 4. The monoisotopic (exact) mass is 418 g/mol. The van der Waals surface area contributed by atoms with Crippen molar-refractivity contribution in [1.82, 2.24) is 30.1 Å². The third-order valence-corrected chi connectivity index (χ3v) is 5.51. The molecule has 0 bridgehead atoms. The molecule has 4 heterocycles. The van der Waals surface area contributed by atoms with E-state index in [-0.39, 0.29) is 0 Å². The van der Waals surface area contributed by atoms with Crippen molar-refractivity contribution < 1.29 is 0 Å². The second-order valence-corrected chi connectivity index (χ2v) is 7.50. The summed E-state index contributed by atoms with van der Waals surface area (Å²) in [6.07, 6.45) is 11.3. The fourth-order valence-corrected chi connectivity index (χ4v) is 4.01. The van der Waals surface area contributed by atoms with Crippen LogP contribution in [-0.4, -0.2) is 30.1 Å². The number of hydrogen-bond donors (Lipinski definition) is 2. The molecule has 5 aromatic rings. The quantitative estimate of drug-likeness (QED) is 0.338. The Balaban J connectivity index is 1.65. The van der Waals surface area contributed by atoms with Gasteiger partial charge in [-0.05, 0) is 54.8 Å². The van der Waals surface area contributed by atoms with E-state index in [0.717, 1.165) is 55.6 Å². The summed E-state index contributed by atoms with van der Waals surface area (Å²) in [5.74, 6) is 0.689. The predicted molar refractivity (Wildman–Crippen MR) is 130 cm³/mol. The number of H-pyrrole nitrogens is 2. The number of fused-ring (bicyclic) bond motifs is 2. The molecular weight excluding hydrogens is 396 g/mol. The van der Waals surface area contributed by atoms with Crippen LogP contribution in [0.25, 0.3) is 50.3 Å². The van der Waals surface area contributed by atoms with Crippen LogP contribution in [0.1, 0.15) is 19.4 Å². The minimum atomic E-state index is 0.689. The zero-order valence-corrected chi connectivity index (χ0v) is 17.9. The third kappa shape index (κ3) is 3.32. The molecular formula is C26H22N6. The molecule has 6 heteroatoms. The van der Waals surface area contributed by atoms with Crippen molar-refractivity contribution in [3.05, 3.63) is 90.9 Å². The summed E-state index contributed by atoms with van der Waals surface area (Å²) in [7, 11) is 0. The van der Waals surface area contributed by atoms with Gasteiger partial charge in [0.2, 0.25) is 0 Å². The summed E-state index contributed by atoms with van der Waals surface area (Å²) >= 11 is 0. The highest BCUT2D eigenvalue weighted by molar-refractivity contribution is 5.97. The third-order valence-electron chi connectivity index (χ3n) is 5.51. The van der Waals surface area contributed by atoms with Gasteiger partial charge in [0.15, 0.2) is 5.82 Å². The molecule has 0 atom stereocenters. The van der Waals surface area contributed by atoms with E-state index in [1.165, 1.54) is 0 Å². The van der Waals surface area contributed by atoms with E-state index in [4.69, 9.17) is 4.98 Å². The van der Waals surface area contributed by atoms with Gasteiger partial charge in [-0.1, -0.05) is 36.9 Å². The molecule has 0 saturated heterocycles. The van der Waals surface area contributed by atoms with Gasteiger partial charge in [-0.2, -0.15) is 5.10 Å². The fraction of sp³-hybridized carbons (Fsp3) is 0.0769. The highest BCUT2D eigenvalue weighted by atomic mass is 15.1. The maximum absolute atomic E-state index is 4.88. The zero-order chi connectivity index (χ0) is 22.1. The Morgan fingerprint density at radius 1 is 1.09 bits per heavy atom. The maximum atomic E-state index is 4.88. The van der Waals surface area contributed by atoms with E-state index in [1.54, 1.807) is 18.6 Å². The van der Waals surface area contributed by atoms with Gasteiger partial charge in [-0.15, -0.1) is 0 Å². The lowest BCUT2D eigenvalue weighted by Gasteiger charge is -2.08. The van der Waals surface area contributed by atoms with E-state index in [9.17, 15) is 0 Å². The van der Waals surface area contributed by atoms with E-state index < -0.39 is 0 Å². The summed E-state index contributed by atoms with van der Waals surface area (Å²) in [5, 5.41) is 8.69. The van der Waals surface area contributed by atoms with E-state index in [2.05, 4.69) is 62.9 Å². The topological polar surface area (TPSA) is 83.1 Å². The van der Waals surface area contributed by atoms with Gasteiger partial charge >= 0.3 is 0 Å². The Morgan fingerprint density at radius 2 is 2.00 bits per heavy atom. The van der Waals surface area contributed by atoms with Crippen molar-refractivity contribution in [3.63, 3.8) is 0 Å². The smallest absolute Gasteiger partial charge is 0.159 e. The molecule has 1 aromatic carbocycles. The summed E-state index contributed by atoms with van der Waals surface area (Å²) in [5.41, 5.74) is 8.53. The molecule has 0 fully saturated rings. The molecule has 0 aliphatic rings. The minimum absolute atomic E-state index is 0.689. The molecule has 0 radical (unpaired) electrons. The van der Waals surface area contributed by atoms with E-state index in [0.29, 0.717) is 5.82 Å². The average molecular weight is 419 g/mol. The number of hydrogen-bond acceptors (Lipinski definition) is 4. The molecule has 0 aliphatic carbocycles. The number of benzene rings is 1. The number of allylic oxidation sites excluding steroid dienone is 5. The molecule has 32 heavy (non-hydrogen) atoms. The number of imidazole rings is 1. The van der Waals surface area contributed by atoms with Crippen LogP contribution in [0.2, 0.25) is 0 Å². The number of nitrogens with one attached hydrogen (secondary N) is 2. The number of aromatic nitrogens is 6. The number of aromatic amines is 2. The normalized spacial score (nSPS) is 12.6. The Bertz CT molecular complexity index is 1500. The SMILES string of the molecule is C=C/C=C(C)\C(=C/C)c1ccc2[nH]nc(-c3nc4c(-c5ccccn5)cncc4[nH]3)c2c1. The molecule has 0 unspecified atom stereocenters. The van der Waals surface area contributed by atoms with Crippen LogP contribution >= 0.6 is 0 Å². The summed E-state index contributed by atoms with van der Waals surface area (Å²) in [4.78, 5) is 17.1. The first kappa shape index (κ1) is 19.6. The van der Waals surface area contributed by atoms with Gasteiger partial charge < -0.3 is 4.98 Å². The van der Waals surface area contributed by atoms with Gasteiger partial charge in [-0.25, -0.2) is 4.98 Å². The van der Waals surface area contributed by atoms with Crippen molar-refractivity contribution in [3.8, 4) is 22.8 Å². The number of rotatable bonds is 5. The molecule has 2 N–H and O–H groups in total. The highest BCUT2D eigenvalue weighted by Gasteiger charge is 2.16. The maximum Gasteiger partial charge on any atom is 0.159 e. The summed E-state index contributed by atoms with van der Waals surface area (Å²) in [6, 6.07) is 12.1. The van der Waals surface area contributed by atoms with Crippen molar-refractivity contribution >= 4 is 27.5 Å². The average Bonchev–Trinajstić information content (AvgIpc) is 3.44. The molecule has 5 rings (SSSR count). The lowest BCUT2D eigenvalue weighted by Crippen LogP contribution is -1.87.